The molecule has 0 heterocycles. The number of rotatable bonds is 8. The molecular weight excluding hydrogens is 400 g/mol. The zero-order valence-corrected chi connectivity index (χ0v) is 18.8. The van der Waals surface area contributed by atoms with E-state index < -0.39 is 9.84 Å². The zero-order chi connectivity index (χ0) is 22.1. The van der Waals surface area contributed by atoms with Crippen molar-refractivity contribution in [2.24, 2.45) is 4.99 Å². The number of nitrogens with zero attached hydrogens (tertiary/aromatic N) is 2. The molecule has 0 aliphatic rings. The number of carbonyl (C=O) groups excluding carboxylic acids is 1. The van der Waals surface area contributed by atoms with Crippen molar-refractivity contribution in [3.63, 3.8) is 0 Å². The van der Waals surface area contributed by atoms with E-state index >= 15 is 0 Å². The standard InChI is InChI=1S/C22H30N4O3S/c1-23-22(25-15-18-8-10-19(11-9-18)16-30(4,28)29)24-13-12-17-6-5-7-20(14-17)21(27)26(2)3/h5-11,14H,12-13,15-16H2,1-4H3,(H2,23,24,25). The summed E-state index contributed by atoms with van der Waals surface area (Å²) in [6.07, 6.45) is 1.99. The Morgan fingerprint density at radius 1 is 1.00 bits per heavy atom. The molecule has 0 fully saturated rings. The third kappa shape index (κ3) is 7.87. The lowest BCUT2D eigenvalue weighted by atomic mass is 10.1. The lowest BCUT2D eigenvalue weighted by Gasteiger charge is -2.13. The second-order valence-electron chi connectivity index (χ2n) is 7.39. The first-order valence-electron chi connectivity index (χ1n) is 9.68. The van der Waals surface area contributed by atoms with Gasteiger partial charge in [-0.05, 0) is 35.2 Å². The van der Waals surface area contributed by atoms with Crippen LogP contribution in [0.2, 0.25) is 0 Å². The van der Waals surface area contributed by atoms with Gasteiger partial charge < -0.3 is 15.5 Å². The number of amides is 1. The van der Waals surface area contributed by atoms with Gasteiger partial charge in [0.2, 0.25) is 0 Å². The molecular formula is C22H30N4O3S. The van der Waals surface area contributed by atoms with E-state index in [1.807, 2.05) is 48.5 Å². The Balaban J connectivity index is 1.83. The highest BCUT2D eigenvalue weighted by Gasteiger charge is 2.08. The molecule has 2 rings (SSSR count). The molecule has 0 unspecified atom stereocenters. The number of sulfone groups is 1. The Bertz CT molecular complexity index is 984. The van der Waals surface area contributed by atoms with Crippen LogP contribution in [0, 0.1) is 0 Å². The zero-order valence-electron chi connectivity index (χ0n) is 18.0. The van der Waals surface area contributed by atoms with Crippen molar-refractivity contribution in [1.29, 1.82) is 0 Å². The van der Waals surface area contributed by atoms with Gasteiger partial charge in [-0.3, -0.25) is 9.79 Å². The molecule has 162 valence electrons. The maximum absolute atomic E-state index is 12.1. The average Bonchev–Trinajstić information content (AvgIpc) is 2.70. The van der Waals surface area contributed by atoms with E-state index in [2.05, 4.69) is 15.6 Å². The predicted molar refractivity (Wildman–Crippen MR) is 121 cm³/mol. The summed E-state index contributed by atoms with van der Waals surface area (Å²) < 4.78 is 22.7. The molecule has 8 heteroatoms. The first kappa shape index (κ1) is 23.4. The molecule has 2 N–H and O–H groups in total. The highest BCUT2D eigenvalue weighted by atomic mass is 32.2. The summed E-state index contributed by atoms with van der Waals surface area (Å²) >= 11 is 0. The molecule has 30 heavy (non-hydrogen) atoms. The largest absolute Gasteiger partial charge is 0.356 e. The number of benzene rings is 2. The normalized spacial score (nSPS) is 11.8. The number of carbonyl (C=O) groups is 1. The summed E-state index contributed by atoms with van der Waals surface area (Å²) in [7, 11) is 2.16. The molecule has 2 aromatic rings. The molecule has 0 saturated heterocycles. The lowest BCUT2D eigenvalue weighted by Crippen LogP contribution is -2.37. The van der Waals surface area contributed by atoms with Gasteiger partial charge in [-0.25, -0.2) is 8.42 Å². The van der Waals surface area contributed by atoms with Crippen LogP contribution < -0.4 is 10.6 Å². The minimum Gasteiger partial charge on any atom is -0.356 e. The van der Waals surface area contributed by atoms with Gasteiger partial charge in [0.05, 0.1) is 5.75 Å². The van der Waals surface area contributed by atoms with Crippen molar-refractivity contribution in [3.8, 4) is 0 Å². The van der Waals surface area contributed by atoms with Crippen molar-refractivity contribution >= 4 is 21.7 Å². The average molecular weight is 431 g/mol. The van der Waals surface area contributed by atoms with Crippen molar-refractivity contribution in [1.82, 2.24) is 15.5 Å². The monoisotopic (exact) mass is 430 g/mol. The summed E-state index contributed by atoms with van der Waals surface area (Å²) in [6, 6.07) is 15.1. The van der Waals surface area contributed by atoms with E-state index in [-0.39, 0.29) is 11.7 Å². The number of guanidine groups is 1. The van der Waals surface area contributed by atoms with Gasteiger partial charge in [0.1, 0.15) is 0 Å². The highest BCUT2D eigenvalue weighted by molar-refractivity contribution is 7.89. The minimum atomic E-state index is -3.03. The fourth-order valence-corrected chi connectivity index (χ4v) is 3.70. The number of hydrogen-bond donors (Lipinski definition) is 2. The van der Waals surface area contributed by atoms with E-state index in [1.165, 1.54) is 6.26 Å². The maximum Gasteiger partial charge on any atom is 0.253 e. The molecule has 0 aromatic heterocycles. The van der Waals surface area contributed by atoms with Crippen molar-refractivity contribution in [2.75, 3.05) is 33.9 Å². The number of aliphatic imine (C=N–C) groups is 1. The van der Waals surface area contributed by atoms with E-state index in [9.17, 15) is 13.2 Å². The Morgan fingerprint density at radius 2 is 1.67 bits per heavy atom. The number of nitrogens with one attached hydrogen (secondary N) is 2. The van der Waals surface area contributed by atoms with Crippen LogP contribution >= 0.6 is 0 Å². The van der Waals surface area contributed by atoms with Gasteiger partial charge in [-0.1, -0.05) is 36.4 Å². The van der Waals surface area contributed by atoms with E-state index in [1.54, 1.807) is 26.0 Å². The second kappa shape index (κ2) is 10.8. The van der Waals surface area contributed by atoms with Gasteiger partial charge in [0.25, 0.3) is 5.91 Å². The molecule has 0 atom stereocenters. The SMILES string of the molecule is CN=C(NCCc1cccc(C(=O)N(C)C)c1)NCc1ccc(CS(C)(=O)=O)cc1. The summed E-state index contributed by atoms with van der Waals surface area (Å²) in [5.41, 5.74) is 3.57. The van der Waals surface area contributed by atoms with Gasteiger partial charge in [-0.15, -0.1) is 0 Å². The Kier molecular flexibility index (Phi) is 8.41. The molecule has 1 amide bonds. The summed E-state index contributed by atoms with van der Waals surface area (Å²) in [5.74, 6) is 0.714. The molecule has 7 nitrogen and oxygen atoms in total. The fourth-order valence-electron chi connectivity index (χ4n) is 2.91. The van der Waals surface area contributed by atoms with E-state index in [0.717, 1.165) is 23.1 Å². The lowest BCUT2D eigenvalue weighted by molar-refractivity contribution is 0.0827. The highest BCUT2D eigenvalue weighted by Crippen LogP contribution is 2.09. The van der Waals surface area contributed by atoms with Gasteiger partial charge in [0, 0.05) is 46.1 Å². The quantitative estimate of drug-likeness (QED) is 0.493. The predicted octanol–water partition coefficient (Wildman–Crippen LogP) is 1.84. The van der Waals surface area contributed by atoms with E-state index in [4.69, 9.17) is 0 Å². The van der Waals surface area contributed by atoms with Crippen LogP contribution in [0.15, 0.2) is 53.5 Å². The van der Waals surface area contributed by atoms with E-state index in [0.29, 0.717) is 24.6 Å². The number of hydrogen-bond acceptors (Lipinski definition) is 4. The van der Waals surface area contributed by atoms with Crippen LogP contribution in [0.3, 0.4) is 0 Å². The van der Waals surface area contributed by atoms with Crippen LogP contribution in [0.4, 0.5) is 0 Å². The maximum atomic E-state index is 12.1. The van der Waals surface area contributed by atoms with Crippen LogP contribution in [0.5, 0.6) is 0 Å². The molecule has 0 aliphatic heterocycles. The topological polar surface area (TPSA) is 90.9 Å². The summed E-state index contributed by atoms with van der Waals surface area (Å²) in [4.78, 5) is 17.9. The molecule has 2 aromatic carbocycles. The summed E-state index contributed by atoms with van der Waals surface area (Å²) in [6.45, 7) is 1.25. The van der Waals surface area contributed by atoms with Crippen LogP contribution in [-0.2, 0) is 28.6 Å². The second-order valence-corrected chi connectivity index (χ2v) is 9.53. The van der Waals surface area contributed by atoms with Crippen LogP contribution in [-0.4, -0.2) is 59.1 Å². The van der Waals surface area contributed by atoms with Gasteiger partial charge >= 0.3 is 0 Å². The first-order chi connectivity index (χ1) is 14.2. The van der Waals surface area contributed by atoms with Gasteiger partial charge in [0.15, 0.2) is 15.8 Å². The van der Waals surface area contributed by atoms with Crippen molar-refractivity contribution in [2.45, 2.75) is 18.7 Å². The van der Waals surface area contributed by atoms with Gasteiger partial charge in [-0.2, -0.15) is 0 Å². The third-order valence-corrected chi connectivity index (χ3v) is 5.28. The molecule has 0 bridgehead atoms. The molecule has 0 spiro atoms. The molecule has 0 saturated carbocycles. The third-order valence-electron chi connectivity index (χ3n) is 4.42. The van der Waals surface area contributed by atoms with Crippen molar-refractivity contribution in [3.05, 3.63) is 70.8 Å². The van der Waals surface area contributed by atoms with Crippen LogP contribution in [0.1, 0.15) is 27.0 Å². The minimum absolute atomic E-state index is 0.00941. The Hall–Kier alpha value is -2.87. The Morgan fingerprint density at radius 3 is 2.27 bits per heavy atom. The summed E-state index contributed by atoms with van der Waals surface area (Å²) in [5, 5.41) is 6.51. The van der Waals surface area contributed by atoms with Crippen LogP contribution in [0.25, 0.3) is 0 Å². The Labute approximate surface area is 179 Å². The fraction of sp³-hybridized carbons (Fsp3) is 0.364. The van der Waals surface area contributed by atoms with Crippen molar-refractivity contribution < 1.29 is 13.2 Å². The first-order valence-corrected chi connectivity index (χ1v) is 11.7. The molecule has 0 radical (unpaired) electrons. The smallest absolute Gasteiger partial charge is 0.253 e. The molecule has 0 aliphatic carbocycles.